The molecule has 0 aromatic heterocycles. The number of hydrogen-bond donors (Lipinski definition) is 0. The van der Waals surface area contributed by atoms with Crippen LogP contribution in [0.5, 0.6) is 23.0 Å². The van der Waals surface area contributed by atoms with Crippen LogP contribution in [0.4, 0.5) is 0 Å². The van der Waals surface area contributed by atoms with Gasteiger partial charge in [-0.1, -0.05) is 49.8 Å². The molecule has 0 saturated heterocycles. The molecular formula is C19H26B10O2. The molecule has 144 valence electrons. The Morgan fingerprint density at radius 1 is 0.452 bits per heavy atom. The van der Waals surface area contributed by atoms with Crippen molar-refractivity contribution in [1.82, 2.24) is 0 Å². The lowest BCUT2D eigenvalue weighted by molar-refractivity contribution is 0.461. The Morgan fingerprint density at radius 2 is 0.710 bits per heavy atom. The average molecular weight is 395 g/mol. The van der Waals surface area contributed by atoms with Crippen LogP contribution in [0.1, 0.15) is 5.56 Å². The van der Waals surface area contributed by atoms with E-state index >= 15 is 0 Å². The van der Waals surface area contributed by atoms with E-state index in [1.54, 1.807) is 0 Å². The van der Waals surface area contributed by atoms with Crippen LogP contribution in [-0.4, -0.2) is 78.5 Å². The summed E-state index contributed by atoms with van der Waals surface area (Å²) in [4.78, 5) is 0. The van der Waals surface area contributed by atoms with E-state index in [-0.39, 0.29) is 0 Å². The van der Waals surface area contributed by atoms with Crippen LogP contribution in [0.25, 0.3) is 0 Å². The quantitative estimate of drug-likeness (QED) is 0.409. The van der Waals surface area contributed by atoms with Crippen LogP contribution in [0.3, 0.4) is 0 Å². The Bertz CT molecular complexity index is 1060. The Hall–Kier alpha value is -2.09. The molecule has 0 heterocycles. The fourth-order valence-electron chi connectivity index (χ4n) is 4.27. The van der Waals surface area contributed by atoms with E-state index in [0.29, 0.717) is 0 Å². The summed E-state index contributed by atoms with van der Waals surface area (Å²) in [5.74, 6) is 3.58. The normalized spacial score (nSPS) is 10.7. The highest BCUT2D eigenvalue weighted by Gasteiger charge is 2.17. The Balaban J connectivity index is 2.06. The first-order valence-electron chi connectivity index (χ1n) is 11.1. The van der Waals surface area contributed by atoms with Gasteiger partial charge in [-0.25, -0.2) is 0 Å². The molecule has 0 aliphatic heterocycles. The van der Waals surface area contributed by atoms with Crippen molar-refractivity contribution in [2.45, 2.75) is 6.92 Å². The van der Waals surface area contributed by atoms with Gasteiger partial charge in [0.2, 0.25) is 0 Å². The first-order chi connectivity index (χ1) is 14.5. The van der Waals surface area contributed by atoms with E-state index in [2.05, 4.69) is 85.4 Å². The monoisotopic (exact) mass is 396 g/mol. The average Bonchev–Trinajstić information content (AvgIpc) is 2.76. The van der Waals surface area contributed by atoms with Crippen molar-refractivity contribution < 1.29 is 9.47 Å². The minimum absolute atomic E-state index is 0.835. The van der Waals surface area contributed by atoms with E-state index in [9.17, 15) is 0 Å². The van der Waals surface area contributed by atoms with Crippen molar-refractivity contribution in [3.8, 4) is 23.0 Å². The van der Waals surface area contributed by atoms with Gasteiger partial charge in [-0.2, -0.15) is 0 Å². The maximum atomic E-state index is 6.51. The van der Waals surface area contributed by atoms with E-state index in [1.165, 1.54) is 54.6 Å². The molecule has 0 atom stereocenters. The van der Waals surface area contributed by atoms with Gasteiger partial charge in [0.25, 0.3) is 0 Å². The summed E-state index contributed by atoms with van der Waals surface area (Å²) < 4.78 is 13.0. The van der Waals surface area contributed by atoms with E-state index in [1.807, 2.05) is 18.2 Å². The molecule has 0 spiro atoms. The van der Waals surface area contributed by atoms with Crippen LogP contribution in [0.2, 0.25) is 0 Å². The summed E-state index contributed by atoms with van der Waals surface area (Å²) in [5.41, 5.74) is 13.6. The summed E-state index contributed by atoms with van der Waals surface area (Å²) in [6.45, 7) is 2.07. The third-order valence-electron chi connectivity index (χ3n) is 7.52. The number of ether oxygens (including phenoxy) is 2. The van der Waals surface area contributed by atoms with Crippen molar-refractivity contribution in [2.75, 3.05) is 0 Å². The highest BCUT2D eigenvalue weighted by Crippen LogP contribution is 2.31. The maximum absolute atomic E-state index is 6.51. The molecule has 0 bridgehead atoms. The summed E-state index contributed by atoms with van der Waals surface area (Å²) in [6, 6.07) is 6.06. The van der Waals surface area contributed by atoms with Gasteiger partial charge >= 0.3 is 0 Å². The van der Waals surface area contributed by atoms with Crippen LogP contribution < -0.4 is 64.1 Å². The van der Waals surface area contributed by atoms with Gasteiger partial charge in [0.15, 0.2) is 0 Å². The topological polar surface area (TPSA) is 18.5 Å². The van der Waals surface area contributed by atoms with Gasteiger partial charge in [0.1, 0.15) is 101 Å². The van der Waals surface area contributed by atoms with Crippen molar-refractivity contribution in [3.05, 3.63) is 23.8 Å². The largest absolute Gasteiger partial charge is 0.458 e. The van der Waals surface area contributed by atoms with Crippen molar-refractivity contribution in [2.24, 2.45) is 0 Å². The minimum Gasteiger partial charge on any atom is -0.458 e. The molecule has 2 nitrogen and oxygen atoms in total. The molecule has 0 amide bonds. The second-order valence-corrected chi connectivity index (χ2v) is 8.99. The standard InChI is InChI=1S/C19H26B10O2/c1-5-6(30-18-14(26)10(22)8(20)11(23)15(18)27)3-2-4-7(5)31-19-16(28)12(24)9(21)13(25)17(19)29/h2-4H,20-29H2,1H3. The van der Waals surface area contributed by atoms with Crippen LogP contribution in [0.15, 0.2) is 18.2 Å². The smallest absolute Gasteiger partial charge is 0.143 e. The number of benzene rings is 3. The fraction of sp³-hybridized carbons (Fsp3) is 0.0526. The highest BCUT2D eigenvalue weighted by molar-refractivity contribution is 6.68. The Morgan fingerprint density at radius 3 is 1.00 bits per heavy atom. The number of hydrogen-bond acceptors (Lipinski definition) is 2. The molecule has 31 heavy (non-hydrogen) atoms. The van der Waals surface area contributed by atoms with Gasteiger partial charge in [-0.15, -0.1) is 10.9 Å². The lowest BCUT2D eigenvalue weighted by Crippen LogP contribution is -2.54. The summed E-state index contributed by atoms with van der Waals surface area (Å²) in [6.07, 6.45) is 0. The van der Waals surface area contributed by atoms with Crippen molar-refractivity contribution in [1.29, 1.82) is 0 Å². The molecule has 0 unspecified atom stereocenters. The first-order valence-corrected chi connectivity index (χ1v) is 11.1. The second kappa shape index (κ2) is 8.80. The Labute approximate surface area is 196 Å². The first kappa shape index (κ1) is 23.6. The predicted molar refractivity (Wildman–Crippen MR) is 166 cm³/mol. The van der Waals surface area contributed by atoms with Gasteiger partial charge in [0.05, 0.1) is 0 Å². The van der Waals surface area contributed by atoms with Crippen LogP contribution >= 0.6 is 0 Å². The summed E-state index contributed by atoms with van der Waals surface area (Å²) in [5, 5.41) is 0. The van der Waals surface area contributed by atoms with E-state index in [0.717, 1.165) is 28.6 Å². The predicted octanol–water partition coefficient (Wildman–Crippen LogP) is -11.8. The Kier molecular flexibility index (Phi) is 6.69. The molecule has 12 heteroatoms. The molecule has 0 saturated carbocycles. The summed E-state index contributed by atoms with van der Waals surface area (Å²) in [7, 11) is 21.6. The maximum Gasteiger partial charge on any atom is 0.143 e. The van der Waals surface area contributed by atoms with E-state index in [4.69, 9.17) is 9.47 Å². The fourth-order valence-corrected chi connectivity index (χ4v) is 4.27. The highest BCUT2D eigenvalue weighted by atomic mass is 16.5. The van der Waals surface area contributed by atoms with Crippen molar-refractivity contribution >= 4 is 133 Å². The van der Waals surface area contributed by atoms with E-state index < -0.39 is 0 Å². The molecule has 0 N–H and O–H groups in total. The molecule has 3 rings (SSSR count). The zero-order chi connectivity index (χ0) is 23.2. The van der Waals surface area contributed by atoms with Gasteiger partial charge in [-0.05, 0) is 19.1 Å². The molecule has 0 fully saturated rings. The van der Waals surface area contributed by atoms with Crippen molar-refractivity contribution in [3.63, 3.8) is 0 Å². The molecule has 0 aliphatic rings. The molecule has 3 aromatic carbocycles. The SMILES string of the molecule is Bc1c(B)c(B)c(Oc2cccc(Oc3c(B)c(B)c(B)c(B)c3B)c2C)c(B)c1B. The molecule has 3 aromatic rings. The van der Waals surface area contributed by atoms with Gasteiger partial charge in [0, 0.05) is 5.56 Å². The molecule has 0 radical (unpaired) electrons. The number of rotatable bonds is 4. The second-order valence-electron chi connectivity index (χ2n) is 8.99. The van der Waals surface area contributed by atoms with Crippen LogP contribution in [-0.2, 0) is 0 Å². The van der Waals surface area contributed by atoms with Gasteiger partial charge in [-0.3, -0.25) is 0 Å². The third-order valence-corrected chi connectivity index (χ3v) is 7.52. The molecule has 0 aliphatic carbocycles. The zero-order valence-corrected chi connectivity index (χ0v) is 21.0. The lowest BCUT2D eigenvalue weighted by atomic mass is 9.62. The lowest BCUT2D eigenvalue weighted by Gasteiger charge is -2.23. The van der Waals surface area contributed by atoms with Crippen LogP contribution in [0, 0.1) is 6.92 Å². The third kappa shape index (κ3) is 4.06. The minimum atomic E-state index is 0.835. The zero-order valence-electron chi connectivity index (χ0n) is 21.0. The molecular weight excluding hydrogens is 368 g/mol. The summed E-state index contributed by atoms with van der Waals surface area (Å²) >= 11 is 0. The van der Waals surface area contributed by atoms with Gasteiger partial charge < -0.3 is 9.47 Å².